The molecule has 0 amide bonds. The third kappa shape index (κ3) is 2.80. The van der Waals surface area contributed by atoms with Gasteiger partial charge in [-0.05, 0) is 6.54 Å². The molecule has 0 saturated heterocycles. The van der Waals surface area contributed by atoms with Crippen molar-refractivity contribution in [3.05, 3.63) is 23.7 Å². The Bertz CT molecular complexity index is 428. The van der Waals surface area contributed by atoms with Gasteiger partial charge in [-0.1, -0.05) is 18.3 Å². The van der Waals surface area contributed by atoms with Crippen molar-refractivity contribution in [3.63, 3.8) is 0 Å². The Morgan fingerprint density at radius 2 is 2.06 bits per heavy atom. The molecule has 0 radical (unpaired) electrons. The number of aromatic nitrogens is 4. The summed E-state index contributed by atoms with van der Waals surface area (Å²) in [4.78, 5) is 7.92. The second-order valence-corrected chi connectivity index (χ2v) is 4.29. The average molecular weight is 235 g/mol. The maximum Gasteiger partial charge on any atom is 0.150 e. The van der Waals surface area contributed by atoms with Crippen molar-refractivity contribution in [2.45, 2.75) is 13.3 Å². The standard InChI is InChI=1S/C10H13N5S/c1-2-11-4-3-9-14-15-10(16-9)8-5-12-7-13-6-8/h5-7,11H,2-4H2,1H3. The van der Waals surface area contributed by atoms with Crippen LogP contribution in [0.15, 0.2) is 18.7 Å². The van der Waals surface area contributed by atoms with Crippen LogP contribution in [0.3, 0.4) is 0 Å². The molecular weight excluding hydrogens is 222 g/mol. The van der Waals surface area contributed by atoms with Gasteiger partial charge >= 0.3 is 0 Å². The fraction of sp³-hybridized carbons (Fsp3) is 0.400. The van der Waals surface area contributed by atoms with Crippen molar-refractivity contribution in [1.29, 1.82) is 0 Å². The van der Waals surface area contributed by atoms with Gasteiger partial charge in [0.15, 0.2) is 5.01 Å². The van der Waals surface area contributed by atoms with Crippen molar-refractivity contribution in [2.24, 2.45) is 0 Å². The van der Waals surface area contributed by atoms with Crippen LogP contribution < -0.4 is 5.32 Å². The van der Waals surface area contributed by atoms with Crippen molar-refractivity contribution in [1.82, 2.24) is 25.5 Å². The predicted molar refractivity (Wildman–Crippen MR) is 63.2 cm³/mol. The Labute approximate surface area is 98.0 Å². The van der Waals surface area contributed by atoms with Gasteiger partial charge in [0.2, 0.25) is 0 Å². The van der Waals surface area contributed by atoms with Crippen LogP contribution >= 0.6 is 11.3 Å². The van der Waals surface area contributed by atoms with Gasteiger partial charge in [0.25, 0.3) is 0 Å². The first-order chi connectivity index (χ1) is 7.90. The van der Waals surface area contributed by atoms with E-state index in [1.165, 1.54) is 6.33 Å². The van der Waals surface area contributed by atoms with Crippen LogP contribution in [0, 0.1) is 0 Å². The van der Waals surface area contributed by atoms with Gasteiger partial charge in [-0.2, -0.15) is 0 Å². The Morgan fingerprint density at radius 1 is 1.25 bits per heavy atom. The van der Waals surface area contributed by atoms with E-state index in [4.69, 9.17) is 0 Å². The van der Waals surface area contributed by atoms with Crippen molar-refractivity contribution in [2.75, 3.05) is 13.1 Å². The Kier molecular flexibility index (Phi) is 3.90. The van der Waals surface area contributed by atoms with E-state index in [2.05, 4.69) is 32.4 Å². The highest BCUT2D eigenvalue weighted by Crippen LogP contribution is 2.21. The van der Waals surface area contributed by atoms with Crippen LogP contribution in [0.2, 0.25) is 0 Å². The molecule has 5 nitrogen and oxygen atoms in total. The highest BCUT2D eigenvalue weighted by atomic mass is 32.1. The van der Waals surface area contributed by atoms with Crippen LogP contribution in [0.25, 0.3) is 10.6 Å². The van der Waals surface area contributed by atoms with Crippen LogP contribution in [0.4, 0.5) is 0 Å². The fourth-order valence-corrected chi connectivity index (χ4v) is 2.07. The van der Waals surface area contributed by atoms with Crippen LogP contribution in [0.5, 0.6) is 0 Å². The Morgan fingerprint density at radius 3 is 2.81 bits per heavy atom. The number of likely N-dealkylation sites (N-methyl/N-ethyl adjacent to an activating group) is 1. The summed E-state index contributed by atoms with van der Waals surface area (Å²) in [6, 6.07) is 0. The maximum absolute atomic E-state index is 4.14. The monoisotopic (exact) mass is 235 g/mol. The van der Waals surface area contributed by atoms with E-state index in [9.17, 15) is 0 Å². The van der Waals surface area contributed by atoms with Gasteiger partial charge in [-0.15, -0.1) is 10.2 Å². The first-order valence-corrected chi connectivity index (χ1v) is 6.00. The fourth-order valence-electron chi connectivity index (χ4n) is 1.25. The molecule has 84 valence electrons. The minimum atomic E-state index is 0.882. The predicted octanol–water partition coefficient (Wildman–Crippen LogP) is 1.15. The lowest BCUT2D eigenvalue weighted by atomic mass is 10.4. The summed E-state index contributed by atoms with van der Waals surface area (Å²) >= 11 is 1.59. The molecule has 2 aromatic heterocycles. The maximum atomic E-state index is 4.14. The Hall–Kier alpha value is -1.40. The minimum absolute atomic E-state index is 0.882. The summed E-state index contributed by atoms with van der Waals surface area (Å²) in [6.07, 6.45) is 5.93. The molecule has 16 heavy (non-hydrogen) atoms. The second-order valence-electron chi connectivity index (χ2n) is 3.23. The van der Waals surface area contributed by atoms with E-state index in [-0.39, 0.29) is 0 Å². The minimum Gasteiger partial charge on any atom is -0.317 e. The quantitative estimate of drug-likeness (QED) is 0.788. The zero-order chi connectivity index (χ0) is 11.2. The van der Waals surface area contributed by atoms with E-state index in [0.717, 1.165) is 35.1 Å². The molecule has 1 N–H and O–H groups in total. The lowest BCUT2D eigenvalue weighted by Crippen LogP contribution is -2.15. The zero-order valence-corrected chi connectivity index (χ0v) is 9.87. The summed E-state index contributed by atoms with van der Waals surface area (Å²) in [6.45, 7) is 4.02. The first-order valence-electron chi connectivity index (χ1n) is 5.18. The van der Waals surface area contributed by atoms with Crippen LogP contribution in [-0.2, 0) is 6.42 Å². The third-order valence-corrected chi connectivity index (χ3v) is 3.07. The molecule has 2 rings (SSSR count). The average Bonchev–Trinajstić information content (AvgIpc) is 2.79. The van der Waals surface area contributed by atoms with E-state index in [1.54, 1.807) is 23.7 Å². The van der Waals surface area contributed by atoms with E-state index in [0.29, 0.717) is 0 Å². The van der Waals surface area contributed by atoms with E-state index < -0.39 is 0 Å². The Balaban J connectivity index is 2.02. The molecule has 0 aliphatic carbocycles. The normalized spacial score (nSPS) is 10.6. The lowest BCUT2D eigenvalue weighted by Gasteiger charge is -1.95. The molecule has 2 heterocycles. The largest absolute Gasteiger partial charge is 0.317 e. The summed E-state index contributed by atoms with van der Waals surface area (Å²) in [5.74, 6) is 0. The zero-order valence-electron chi connectivity index (χ0n) is 9.05. The third-order valence-electron chi connectivity index (χ3n) is 2.04. The topological polar surface area (TPSA) is 63.6 Å². The van der Waals surface area contributed by atoms with Crippen LogP contribution in [-0.4, -0.2) is 33.3 Å². The molecule has 2 aromatic rings. The molecule has 0 bridgehead atoms. The number of hydrogen-bond donors (Lipinski definition) is 1. The summed E-state index contributed by atoms with van der Waals surface area (Å²) in [5.41, 5.74) is 0.926. The number of hydrogen-bond acceptors (Lipinski definition) is 6. The molecule has 0 unspecified atom stereocenters. The van der Waals surface area contributed by atoms with Crippen molar-refractivity contribution in [3.8, 4) is 10.6 Å². The van der Waals surface area contributed by atoms with E-state index >= 15 is 0 Å². The second kappa shape index (κ2) is 5.62. The molecule has 6 heteroatoms. The molecule has 0 fully saturated rings. The van der Waals surface area contributed by atoms with Gasteiger partial charge in [0, 0.05) is 30.9 Å². The molecule has 0 saturated carbocycles. The van der Waals surface area contributed by atoms with Gasteiger partial charge in [-0.3, -0.25) is 0 Å². The number of nitrogens with zero attached hydrogens (tertiary/aromatic N) is 4. The molecule has 0 spiro atoms. The summed E-state index contributed by atoms with van der Waals surface area (Å²) < 4.78 is 0. The highest BCUT2D eigenvalue weighted by Gasteiger charge is 2.06. The van der Waals surface area contributed by atoms with Gasteiger partial charge in [0.05, 0.1) is 0 Å². The molecular formula is C10H13N5S. The molecule has 0 aromatic carbocycles. The van der Waals surface area contributed by atoms with Gasteiger partial charge in [0.1, 0.15) is 11.3 Å². The SMILES string of the molecule is CCNCCc1nnc(-c2cncnc2)s1. The number of rotatable bonds is 5. The summed E-state index contributed by atoms with van der Waals surface area (Å²) in [7, 11) is 0. The molecule has 0 aliphatic rings. The van der Waals surface area contributed by atoms with E-state index in [1.807, 2.05) is 0 Å². The van der Waals surface area contributed by atoms with Gasteiger partial charge < -0.3 is 5.32 Å². The smallest absolute Gasteiger partial charge is 0.150 e. The van der Waals surface area contributed by atoms with Crippen molar-refractivity contribution >= 4 is 11.3 Å². The van der Waals surface area contributed by atoms with Crippen LogP contribution in [0.1, 0.15) is 11.9 Å². The highest BCUT2D eigenvalue weighted by molar-refractivity contribution is 7.14. The summed E-state index contributed by atoms with van der Waals surface area (Å²) in [5, 5.41) is 13.4. The van der Waals surface area contributed by atoms with Gasteiger partial charge in [-0.25, -0.2) is 9.97 Å². The molecule has 0 aliphatic heterocycles. The molecule has 0 atom stereocenters. The first kappa shape index (κ1) is 11.1. The number of nitrogens with one attached hydrogen (secondary N) is 1. The van der Waals surface area contributed by atoms with Crippen molar-refractivity contribution < 1.29 is 0 Å². The lowest BCUT2D eigenvalue weighted by molar-refractivity contribution is 0.710.